The Kier molecular flexibility index (Phi) is 7.83. The van der Waals surface area contributed by atoms with Crippen LogP contribution >= 0.6 is 0 Å². The molecule has 1 aliphatic heterocycles. The van der Waals surface area contributed by atoms with E-state index in [-0.39, 0.29) is 31.0 Å². The number of amides is 2. The molecule has 0 spiro atoms. The second-order valence-corrected chi connectivity index (χ2v) is 6.73. The van der Waals surface area contributed by atoms with Gasteiger partial charge >= 0.3 is 12.0 Å². The van der Waals surface area contributed by atoms with Gasteiger partial charge < -0.3 is 22.0 Å². The monoisotopic (exact) mass is 368 g/mol. The van der Waals surface area contributed by atoms with Crippen molar-refractivity contribution in [1.82, 2.24) is 10.3 Å². The van der Waals surface area contributed by atoms with Crippen molar-refractivity contribution >= 4 is 17.7 Å². The van der Waals surface area contributed by atoms with Gasteiger partial charge in [-0.15, -0.1) is 0 Å². The van der Waals surface area contributed by atoms with E-state index in [2.05, 4.69) is 10.5 Å². The molecule has 2 heterocycles. The molecule has 1 aromatic heterocycles. The van der Waals surface area contributed by atoms with E-state index >= 15 is 0 Å². The summed E-state index contributed by atoms with van der Waals surface area (Å²) < 4.78 is 7.13. The number of aromatic nitrogens is 1. The van der Waals surface area contributed by atoms with Gasteiger partial charge in [-0.2, -0.15) is 9.67 Å². The Hall–Kier alpha value is -2.15. The minimum absolute atomic E-state index is 0. The zero-order valence-corrected chi connectivity index (χ0v) is 15.6. The summed E-state index contributed by atoms with van der Waals surface area (Å²) in [6.45, 7) is 6.88. The van der Waals surface area contributed by atoms with Crippen molar-refractivity contribution in [3.63, 3.8) is 0 Å². The molecular formula is C17H25ClN4O3. The molecule has 1 aliphatic rings. The number of hydrazone groups is 1. The SMILES string of the molecule is CC(C)(C)OC(=O)N1CCC(=NNC(=O)C[n+]2ccccc2)CC1.[Cl-]. The van der Waals surface area contributed by atoms with E-state index in [1.54, 1.807) is 9.47 Å². The van der Waals surface area contributed by atoms with Gasteiger partial charge in [-0.25, -0.2) is 10.2 Å². The summed E-state index contributed by atoms with van der Waals surface area (Å²) in [6.07, 6.45) is 4.62. The van der Waals surface area contributed by atoms with Crippen molar-refractivity contribution in [2.24, 2.45) is 5.10 Å². The first-order chi connectivity index (χ1) is 11.3. The minimum Gasteiger partial charge on any atom is -1.00 e. The fraction of sp³-hybridized carbons (Fsp3) is 0.529. The lowest BCUT2D eigenvalue weighted by molar-refractivity contribution is -0.684. The Labute approximate surface area is 154 Å². The van der Waals surface area contributed by atoms with E-state index in [4.69, 9.17) is 4.74 Å². The molecule has 138 valence electrons. The van der Waals surface area contributed by atoms with E-state index in [1.165, 1.54) is 0 Å². The van der Waals surface area contributed by atoms with E-state index in [9.17, 15) is 9.59 Å². The summed E-state index contributed by atoms with van der Waals surface area (Å²) in [5.41, 5.74) is 2.98. The third kappa shape index (κ3) is 7.51. The van der Waals surface area contributed by atoms with Crippen LogP contribution in [0.4, 0.5) is 4.79 Å². The smallest absolute Gasteiger partial charge is 0.410 e. The maximum Gasteiger partial charge on any atom is 0.410 e. The number of likely N-dealkylation sites (tertiary alicyclic amines) is 1. The van der Waals surface area contributed by atoms with Crippen LogP contribution in [0, 0.1) is 0 Å². The lowest BCUT2D eigenvalue weighted by Gasteiger charge is -2.30. The number of hydrogen-bond acceptors (Lipinski definition) is 4. The first-order valence-electron chi connectivity index (χ1n) is 8.10. The number of pyridine rings is 1. The molecule has 0 saturated carbocycles. The number of piperidine rings is 1. The van der Waals surface area contributed by atoms with Crippen LogP contribution in [-0.4, -0.2) is 41.3 Å². The van der Waals surface area contributed by atoms with Crippen LogP contribution in [-0.2, 0) is 16.1 Å². The van der Waals surface area contributed by atoms with Crippen LogP contribution in [0.2, 0.25) is 0 Å². The van der Waals surface area contributed by atoms with Crippen molar-refractivity contribution in [3.05, 3.63) is 30.6 Å². The van der Waals surface area contributed by atoms with Gasteiger partial charge in [0.15, 0.2) is 12.4 Å². The summed E-state index contributed by atoms with van der Waals surface area (Å²) in [4.78, 5) is 25.5. The van der Waals surface area contributed by atoms with Crippen LogP contribution < -0.4 is 22.4 Å². The molecular weight excluding hydrogens is 344 g/mol. The molecule has 0 radical (unpaired) electrons. The molecule has 0 atom stereocenters. The van der Waals surface area contributed by atoms with Gasteiger partial charge in [0.1, 0.15) is 5.60 Å². The number of halogens is 1. The predicted octanol–water partition coefficient (Wildman–Crippen LogP) is -1.52. The largest absolute Gasteiger partial charge is 1.00 e. The number of rotatable bonds is 3. The fourth-order valence-corrected chi connectivity index (χ4v) is 2.27. The van der Waals surface area contributed by atoms with Gasteiger partial charge in [0.2, 0.25) is 6.54 Å². The zero-order chi connectivity index (χ0) is 17.6. The number of carbonyl (C=O) groups excluding carboxylic acids is 2. The molecule has 1 saturated heterocycles. The van der Waals surface area contributed by atoms with Crippen molar-refractivity contribution < 1.29 is 31.3 Å². The quantitative estimate of drug-likeness (QED) is 0.520. The second-order valence-electron chi connectivity index (χ2n) is 6.73. The van der Waals surface area contributed by atoms with E-state index in [1.807, 2.05) is 51.4 Å². The molecule has 1 fully saturated rings. The first-order valence-corrected chi connectivity index (χ1v) is 8.10. The molecule has 0 unspecified atom stereocenters. The maximum atomic E-state index is 12.0. The zero-order valence-electron chi connectivity index (χ0n) is 14.9. The van der Waals surface area contributed by atoms with E-state index in [0.717, 1.165) is 5.71 Å². The van der Waals surface area contributed by atoms with Gasteiger partial charge in [-0.1, -0.05) is 6.07 Å². The number of hydrogen-bond donors (Lipinski definition) is 1. The van der Waals surface area contributed by atoms with Crippen molar-refractivity contribution in [1.29, 1.82) is 0 Å². The molecule has 8 heteroatoms. The first kappa shape index (κ1) is 20.9. The fourth-order valence-electron chi connectivity index (χ4n) is 2.27. The number of ether oxygens (including phenoxy) is 1. The lowest BCUT2D eigenvalue weighted by atomic mass is 10.1. The van der Waals surface area contributed by atoms with Gasteiger partial charge in [0.25, 0.3) is 0 Å². The highest BCUT2D eigenvalue weighted by Gasteiger charge is 2.25. The highest BCUT2D eigenvalue weighted by atomic mass is 35.5. The number of carbonyl (C=O) groups is 2. The third-order valence-electron chi connectivity index (χ3n) is 3.43. The topological polar surface area (TPSA) is 74.9 Å². The van der Waals surface area contributed by atoms with Crippen LogP contribution in [0.25, 0.3) is 0 Å². The number of nitrogens with one attached hydrogen (secondary N) is 1. The molecule has 0 bridgehead atoms. The highest BCUT2D eigenvalue weighted by Crippen LogP contribution is 2.13. The van der Waals surface area contributed by atoms with Crippen molar-refractivity contribution in [2.45, 2.75) is 45.8 Å². The molecule has 1 aromatic rings. The van der Waals surface area contributed by atoms with Gasteiger partial charge in [-0.3, -0.25) is 4.79 Å². The van der Waals surface area contributed by atoms with Gasteiger partial charge in [0.05, 0.1) is 0 Å². The Balaban J connectivity index is 0.00000312. The third-order valence-corrected chi connectivity index (χ3v) is 3.43. The minimum atomic E-state index is -0.492. The average Bonchev–Trinajstić information content (AvgIpc) is 2.53. The van der Waals surface area contributed by atoms with Crippen LogP contribution in [0.3, 0.4) is 0 Å². The van der Waals surface area contributed by atoms with Gasteiger partial charge in [-0.05, 0) is 20.8 Å². The molecule has 0 aliphatic carbocycles. The lowest BCUT2D eigenvalue weighted by Crippen LogP contribution is -3.00. The molecule has 25 heavy (non-hydrogen) atoms. The Morgan fingerprint density at radius 3 is 2.36 bits per heavy atom. The summed E-state index contributed by atoms with van der Waals surface area (Å²) in [5.74, 6) is -0.173. The van der Waals surface area contributed by atoms with Crippen molar-refractivity contribution in [2.75, 3.05) is 13.1 Å². The molecule has 2 rings (SSSR count). The summed E-state index contributed by atoms with van der Waals surface area (Å²) >= 11 is 0. The van der Waals surface area contributed by atoms with E-state index in [0.29, 0.717) is 25.9 Å². The summed E-state index contributed by atoms with van der Waals surface area (Å²) in [6, 6.07) is 5.63. The molecule has 7 nitrogen and oxygen atoms in total. The van der Waals surface area contributed by atoms with Crippen LogP contribution in [0.1, 0.15) is 33.6 Å². The van der Waals surface area contributed by atoms with Crippen LogP contribution in [0.15, 0.2) is 35.7 Å². The standard InChI is InChI=1S/C17H24N4O3.ClH/c1-17(2,3)24-16(23)21-11-7-14(8-12-21)18-19-15(22)13-20-9-5-4-6-10-20;/h4-6,9-10H,7-8,11-13H2,1-3H3;1H. The normalized spacial score (nSPS) is 14.4. The predicted molar refractivity (Wildman–Crippen MR) is 89.3 cm³/mol. The summed E-state index contributed by atoms with van der Waals surface area (Å²) in [7, 11) is 0. The molecule has 1 N–H and O–H groups in total. The summed E-state index contributed by atoms with van der Waals surface area (Å²) in [5, 5.41) is 4.17. The average molecular weight is 369 g/mol. The van der Waals surface area contributed by atoms with E-state index < -0.39 is 5.60 Å². The number of nitrogens with zero attached hydrogens (tertiary/aromatic N) is 3. The maximum absolute atomic E-state index is 12.0. The highest BCUT2D eigenvalue weighted by molar-refractivity contribution is 5.88. The van der Waals surface area contributed by atoms with Crippen molar-refractivity contribution in [3.8, 4) is 0 Å². The van der Waals surface area contributed by atoms with Crippen LogP contribution in [0.5, 0.6) is 0 Å². The Bertz CT molecular complexity index is 604. The Morgan fingerprint density at radius 2 is 1.80 bits per heavy atom. The van der Waals surface area contributed by atoms with Gasteiger partial charge in [0, 0.05) is 43.8 Å². The molecule has 0 aromatic carbocycles. The molecule has 2 amide bonds. The Morgan fingerprint density at radius 1 is 1.20 bits per heavy atom. The second kappa shape index (κ2) is 9.36.